The van der Waals surface area contributed by atoms with Gasteiger partial charge >= 0.3 is 0 Å². The van der Waals surface area contributed by atoms with E-state index in [1.807, 2.05) is 24.3 Å². The number of rotatable bonds is 5. The highest BCUT2D eigenvalue weighted by molar-refractivity contribution is 7.89. The van der Waals surface area contributed by atoms with Gasteiger partial charge in [-0.25, -0.2) is 8.42 Å². The molecule has 0 radical (unpaired) electrons. The van der Waals surface area contributed by atoms with Gasteiger partial charge < -0.3 is 4.74 Å². The molecular formula is C21H25NO4S. The number of ketones is 1. The second-order valence-corrected chi connectivity index (χ2v) is 8.73. The number of hydrogen-bond acceptors (Lipinski definition) is 4. The lowest BCUT2D eigenvalue weighted by atomic mass is 10.0. The van der Waals surface area contributed by atoms with Crippen LogP contribution in [-0.2, 0) is 10.0 Å². The fourth-order valence-corrected chi connectivity index (χ4v) is 5.27. The van der Waals surface area contributed by atoms with E-state index >= 15 is 0 Å². The van der Waals surface area contributed by atoms with Crippen molar-refractivity contribution in [3.63, 3.8) is 0 Å². The van der Waals surface area contributed by atoms with Crippen LogP contribution in [0.25, 0.3) is 0 Å². The van der Waals surface area contributed by atoms with Crippen LogP contribution in [0, 0.1) is 0 Å². The van der Waals surface area contributed by atoms with Crippen molar-refractivity contribution >= 4 is 15.8 Å². The van der Waals surface area contributed by atoms with Gasteiger partial charge in [0, 0.05) is 12.1 Å². The number of carbonyl (C=O) groups is 1. The van der Waals surface area contributed by atoms with Crippen LogP contribution in [-0.4, -0.2) is 32.2 Å². The third-order valence-electron chi connectivity index (χ3n) is 5.05. The largest absolute Gasteiger partial charge is 0.497 e. The third kappa shape index (κ3) is 4.22. The zero-order valence-corrected chi connectivity index (χ0v) is 16.5. The number of Topliss-reactive ketones (excluding diaryl/α,β-unsaturated/α-hetero) is 1. The van der Waals surface area contributed by atoms with Gasteiger partial charge in [0.15, 0.2) is 5.78 Å². The topological polar surface area (TPSA) is 63.7 Å². The summed E-state index contributed by atoms with van der Waals surface area (Å²) in [5, 5.41) is 0. The molecule has 6 heteroatoms. The normalized spacial score (nSPS) is 18.7. The van der Waals surface area contributed by atoms with Crippen molar-refractivity contribution in [3.8, 4) is 5.75 Å². The van der Waals surface area contributed by atoms with Gasteiger partial charge in [0.1, 0.15) is 5.75 Å². The smallest absolute Gasteiger partial charge is 0.243 e. The second kappa shape index (κ2) is 8.23. The lowest BCUT2D eigenvalue weighted by Gasteiger charge is -2.29. The number of carbonyl (C=O) groups excluding carboxylic acids is 1. The fourth-order valence-electron chi connectivity index (χ4n) is 3.54. The van der Waals surface area contributed by atoms with Gasteiger partial charge in [-0.1, -0.05) is 37.1 Å². The Morgan fingerprint density at radius 3 is 2.48 bits per heavy atom. The molecule has 1 heterocycles. The molecule has 0 aromatic heterocycles. The van der Waals surface area contributed by atoms with Crippen LogP contribution in [0.5, 0.6) is 5.75 Å². The zero-order valence-electron chi connectivity index (χ0n) is 15.7. The first-order chi connectivity index (χ1) is 12.9. The molecule has 0 spiro atoms. The van der Waals surface area contributed by atoms with E-state index in [1.165, 1.54) is 13.0 Å². The summed E-state index contributed by atoms with van der Waals surface area (Å²) in [5.41, 5.74) is 1.37. The number of methoxy groups -OCH3 is 1. The average Bonchev–Trinajstić information content (AvgIpc) is 2.95. The molecule has 3 rings (SSSR count). The average molecular weight is 388 g/mol. The standard InChI is InChI=1S/C21H25NO4S/c1-16(23)18-7-6-8-20(15-18)27(24,25)22-14-5-3-4-9-21(22)17-10-12-19(26-2)13-11-17/h6-8,10-13,15,21H,3-5,9,14H2,1-2H3/t21-/m0/s1. The van der Waals surface area contributed by atoms with Crippen molar-refractivity contribution in [3.05, 3.63) is 59.7 Å². The van der Waals surface area contributed by atoms with Crippen LogP contribution in [0.2, 0.25) is 0 Å². The maximum Gasteiger partial charge on any atom is 0.243 e. The molecule has 5 nitrogen and oxygen atoms in total. The van der Waals surface area contributed by atoms with Gasteiger partial charge in [0.2, 0.25) is 10.0 Å². The summed E-state index contributed by atoms with van der Waals surface area (Å²) in [5.74, 6) is 0.602. The fraction of sp³-hybridized carbons (Fsp3) is 0.381. The van der Waals surface area contributed by atoms with E-state index in [2.05, 4.69) is 0 Å². The molecular weight excluding hydrogens is 362 g/mol. The first-order valence-corrected chi connectivity index (χ1v) is 10.6. The number of benzene rings is 2. The van der Waals surface area contributed by atoms with Crippen molar-refractivity contribution in [1.82, 2.24) is 4.31 Å². The molecule has 0 bridgehead atoms. The predicted octanol–water partition coefficient (Wildman–Crippen LogP) is 4.20. The molecule has 27 heavy (non-hydrogen) atoms. The Morgan fingerprint density at radius 2 is 1.81 bits per heavy atom. The minimum absolute atomic E-state index is 0.144. The molecule has 1 fully saturated rings. The highest BCUT2D eigenvalue weighted by Crippen LogP contribution is 2.35. The van der Waals surface area contributed by atoms with Crippen LogP contribution >= 0.6 is 0 Å². The maximum absolute atomic E-state index is 13.4. The first-order valence-electron chi connectivity index (χ1n) is 9.20. The molecule has 1 aliphatic rings. The van der Waals surface area contributed by atoms with E-state index < -0.39 is 10.0 Å². The van der Waals surface area contributed by atoms with Crippen molar-refractivity contribution in [2.45, 2.75) is 43.5 Å². The van der Waals surface area contributed by atoms with E-state index in [1.54, 1.807) is 29.6 Å². The van der Waals surface area contributed by atoms with Gasteiger partial charge in [0.05, 0.1) is 18.0 Å². The highest BCUT2D eigenvalue weighted by Gasteiger charge is 2.33. The lowest BCUT2D eigenvalue weighted by Crippen LogP contribution is -2.35. The van der Waals surface area contributed by atoms with Crippen molar-refractivity contribution in [2.75, 3.05) is 13.7 Å². The predicted molar refractivity (Wildman–Crippen MR) is 105 cm³/mol. The van der Waals surface area contributed by atoms with Crippen LogP contribution in [0.1, 0.15) is 54.6 Å². The minimum atomic E-state index is -3.70. The van der Waals surface area contributed by atoms with Gasteiger partial charge in [-0.15, -0.1) is 0 Å². The van der Waals surface area contributed by atoms with E-state index in [-0.39, 0.29) is 16.7 Å². The molecule has 0 N–H and O–H groups in total. The summed E-state index contributed by atoms with van der Waals surface area (Å²) in [7, 11) is -2.09. The second-order valence-electron chi connectivity index (χ2n) is 6.84. The van der Waals surface area contributed by atoms with E-state index in [9.17, 15) is 13.2 Å². The molecule has 0 unspecified atom stereocenters. The lowest BCUT2D eigenvalue weighted by molar-refractivity contribution is 0.101. The molecule has 0 saturated carbocycles. The number of sulfonamides is 1. The van der Waals surface area contributed by atoms with Gasteiger partial charge in [-0.05, 0) is 49.6 Å². The van der Waals surface area contributed by atoms with Crippen molar-refractivity contribution < 1.29 is 17.9 Å². The summed E-state index contributed by atoms with van der Waals surface area (Å²) < 4.78 is 33.6. The summed E-state index contributed by atoms with van der Waals surface area (Å²) >= 11 is 0. The zero-order chi connectivity index (χ0) is 19.4. The quantitative estimate of drug-likeness (QED) is 0.721. The van der Waals surface area contributed by atoms with Gasteiger partial charge in [-0.3, -0.25) is 4.79 Å². The van der Waals surface area contributed by atoms with E-state index in [4.69, 9.17) is 4.74 Å². The van der Waals surface area contributed by atoms with Crippen LogP contribution < -0.4 is 4.74 Å². The Hall–Kier alpha value is -2.18. The Labute approximate surface area is 161 Å². The Bertz CT molecular complexity index is 906. The molecule has 1 saturated heterocycles. The Balaban J connectivity index is 2.01. The SMILES string of the molecule is COc1ccc([C@@H]2CCCCCN2S(=O)(=O)c2cccc(C(C)=O)c2)cc1. The van der Waals surface area contributed by atoms with Crippen LogP contribution in [0.15, 0.2) is 53.4 Å². The Morgan fingerprint density at radius 1 is 1.07 bits per heavy atom. The Kier molecular flexibility index (Phi) is 5.97. The highest BCUT2D eigenvalue weighted by atomic mass is 32.2. The molecule has 2 aromatic rings. The monoisotopic (exact) mass is 387 g/mol. The first kappa shape index (κ1) is 19.6. The molecule has 0 amide bonds. The summed E-state index contributed by atoms with van der Waals surface area (Å²) in [6.07, 6.45) is 3.60. The summed E-state index contributed by atoms with van der Waals surface area (Å²) in [6.45, 7) is 1.92. The third-order valence-corrected chi connectivity index (χ3v) is 6.96. The molecule has 0 aliphatic carbocycles. The maximum atomic E-state index is 13.4. The molecule has 2 aromatic carbocycles. The molecule has 1 atom stereocenters. The summed E-state index contributed by atoms with van der Waals surface area (Å²) in [6, 6.07) is 13.7. The number of nitrogens with zero attached hydrogens (tertiary/aromatic N) is 1. The molecule has 1 aliphatic heterocycles. The van der Waals surface area contributed by atoms with Crippen LogP contribution in [0.4, 0.5) is 0 Å². The minimum Gasteiger partial charge on any atom is -0.497 e. The van der Waals surface area contributed by atoms with Crippen molar-refractivity contribution in [2.24, 2.45) is 0 Å². The van der Waals surface area contributed by atoms with Gasteiger partial charge in [0.25, 0.3) is 0 Å². The van der Waals surface area contributed by atoms with Crippen LogP contribution in [0.3, 0.4) is 0 Å². The van der Waals surface area contributed by atoms with E-state index in [0.717, 1.165) is 37.0 Å². The van der Waals surface area contributed by atoms with Crippen molar-refractivity contribution in [1.29, 1.82) is 0 Å². The summed E-state index contributed by atoms with van der Waals surface area (Å²) in [4.78, 5) is 11.9. The van der Waals surface area contributed by atoms with E-state index in [0.29, 0.717) is 12.1 Å². The number of ether oxygens (including phenoxy) is 1. The molecule has 144 valence electrons. The number of hydrogen-bond donors (Lipinski definition) is 0. The van der Waals surface area contributed by atoms with Gasteiger partial charge in [-0.2, -0.15) is 4.31 Å².